The molecule has 2 aromatic carbocycles. The second-order valence-electron chi connectivity index (χ2n) is 8.63. The summed E-state index contributed by atoms with van der Waals surface area (Å²) in [6.07, 6.45) is 1.95. The summed E-state index contributed by atoms with van der Waals surface area (Å²) in [5, 5.41) is 0.130. The molecule has 2 aromatic rings. The average molecular weight is 435 g/mol. The number of rotatable bonds is 8. The van der Waals surface area contributed by atoms with Crippen molar-refractivity contribution in [3.8, 4) is 16.9 Å². The van der Waals surface area contributed by atoms with Crippen LogP contribution in [0.1, 0.15) is 31.1 Å². The van der Waals surface area contributed by atoms with E-state index >= 15 is 0 Å². The van der Waals surface area contributed by atoms with Crippen molar-refractivity contribution in [3.05, 3.63) is 48.0 Å². The lowest BCUT2D eigenvalue weighted by molar-refractivity contribution is 0.112. The van der Waals surface area contributed by atoms with Crippen LogP contribution in [-0.4, -0.2) is 42.5 Å². The number of hydrogen-bond acceptors (Lipinski definition) is 5. The molecule has 0 aliphatic rings. The third-order valence-corrected chi connectivity index (χ3v) is 11.0. The van der Waals surface area contributed by atoms with Gasteiger partial charge in [0.15, 0.2) is 18.2 Å². The Bertz CT molecular complexity index is 958. The van der Waals surface area contributed by atoms with Crippen LogP contribution < -0.4 is 4.74 Å². The molecule has 0 spiro atoms. The first-order valence-electron chi connectivity index (χ1n) is 9.52. The highest BCUT2D eigenvalue weighted by molar-refractivity contribution is 7.90. The van der Waals surface area contributed by atoms with Crippen molar-refractivity contribution < 1.29 is 22.4 Å². The lowest BCUT2D eigenvalue weighted by Crippen LogP contribution is -2.41. The van der Waals surface area contributed by atoms with Gasteiger partial charge in [-0.3, -0.25) is 4.79 Å². The fraction of sp³-hybridized carbons (Fsp3) is 0.409. The van der Waals surface area contributed by atoms with Gasteiger partial charge in [-0.25, -0.2) is 8.42 Å². The SMILES string of the molecule is CC(C)(C)[Si](C)(C)OCCOc1ccc(C=O)cc1-c1ccc(S(C)(=O)=O)cc1. The van der Waals surface area contributed by atoms with E-state index in [1.807, 2.05) is 0 Å². The van der Waals surface area contributed by atoms with Crippen molar-refractivity contribution >= 4 is 24.4 Å². The van der Waals surface area contributed by atoms with Gasteiger partial charge in [-0.1, -0.05) is 32.9 Å². The minimum atomic E-state index is -3.27. The summed E-state index contributed by atoms with van der Waals surface area (Å²) in [4.78, 5) is 11.5. The standard InChI is InChI=1S/C22H30O5SSi/c1-22(2,3)29(5,6)27-14-13-26-21-12-7-17(16-23)15-20(21)18-8-10-19(11-9-18)28(4,24)25/h7-12,15-16H,13-14H2,1-6H3. The summed E-state index contributed by atoms with van der Waals surface area (Å²) in [5.41, 5.74) is 2.04. The van der Waals surface area contributed by atoms with E-state index in [2.05, 4.69) is 33.9 Å². The summed E-state index contributed by atoms with van der Waals surface area (Å²) in [5.74, 6) is 0.626. The molecule has 0 atom stereocenters. The molecule has 7 heteroatoms. The summed E-state index contributed by atoms with van der Waals surface area (Å²) in [6.45, 7) is 11.8. The number of aldehydes is 1. The normalized spacial score (nSPS) is 12.6. The van der Waals surface area contributed by atoms with Crippen LogP contribution in [0, 0.1) is 0 Å². The quantitative estimate of drug-likeness (QED) is 0.333. The Hall–Kier alpha value is -1.96. The molecule has 0 aliphatic carbocycles. The predicted molar refractivity (Wildman–Crippen MR) is 119 cm³/mol. The van der Waals surface area contributed by atoms with Crippen LogP contribution >= 0.6 is 0 Å². The van der Waals surface area contributed by atoms with Gasteiger partial charge in [0, 0.05) is 17.4 Å². The van der Waals surface area contributed by atoms with Gasteiger partial charge in [0.2, 0.25) is 0 Å². The predicted octanol–water partition coefficient (Wildman–Crippen LogP) is 4.97. The van der Waals surface area contributed by atoms with Gasteiger partial charge in [-0.15, -0.1) is 0 Å². The van der Waals surface area contributed by atoms with E-state index in [1.54, 1.807) is 42.5 Å². The van der Waals surface area contributed by atoms with Gasteiger partial charge in [0.25, 0.3) is 0 Å². The van der Waals surface area contributed by atoms with Crippen molar-refractivity contribution in [2.75, 3.05) is 19.5 Å². The van der Waals surface area contributed by atoms with Gasteiger partial charge in [0.1, 0.15) is 18.6 Å². The van der Waals surface area contributed by atoms with Crippen LogP contribution in [0.4, 0.5) is 0 Å². The maximum atomic E-state index is 11.7. The van der Waals surface area contributed by atoms with Crippen molar-refractivity contribution in [1.82, 2.24) is 0 Å². The third kappa shape index (κ3) is 6.01. The smallest absolute Gasteiger partial charge is 0.192 e. The van der Waals surface area contributed by atoms with Crippen LogP contribution in [0.2, 0.25) is 18.1 Å². The molecule has 0 aromatic heterocycles. The Morgan fingerprint density at radius 3 is 2.14 bits per heavy atom. The second kappa shape index (κ2) is 8.81. The van der Waals surface area contributed by atoms with Gasteiger partial charge >= 0.3 is 0 Å². The molecule has 0 unspecified atom stereocenters. The first-order chi connectivity index (χ1) is 13.3. The molecule has 0 saturated carbocycles. The molecule has 0 N–H and O–H groups in total. The lowest BCUT2D eigenvalue weighted by Gasteiger charge is -2.36. The Balaban J connectivity index is 2.20. The highest BCUT2D eigenvalue weighted by Crippen LogP contribution is 2.36. The van der Waals surface area contributed by atoms with E-state index in [-0.39, 0.29) is 9.93 Å². The van der Waals surface area contributed by atoms with E-state index in [4.69, 9.17) is 9.16 Å². The molecule has 2 rings (SSSR count). The van der Waals surface area contributed by atoms with E-state index in [0.717, 1.165) is 17.4 Å². The molecule has 158 valence electrons. The molecule has 0 amide bonds. The van der Waals surface area contributed by atoms with Gasteiger partial charge < -0.3 is 9.16 Å². The molecule has 0 heterocycles. The Morgan fingerprint density at radius 2 is 1.62 bits per heavy atom. The van der Waals surface area contributed by atoms with Crippen LogP contribution in [0.5, 0.6) is 5.75 Å². The maximum absolute atomic E-state index is 11.7. The molecule has 0 saturated heterocycles. The molecular weight excluding hydrogens is 404 g/mol. The topological polar surface area (TPSA) is 69.7 Å². The number of ether oxygens (including phenoxy) is 1. The first-order valence-corrected chi connectivity index (χ1v) is 14.3. The minimum Gasteiger partial charge on any atom is -0.491 e. The molecule has 0 bridgehead atoms. The summed E-state index contributed by atoms with van der Waals surface area (Å²) in [7, 11) is -5.11. The fourth-order valence-corrected chi connectivity index (χ4v) is 4.18. The zero-order valence-corrected chi connectivity index (χ0v) is 19.8. The van der Waals surface area contributed by atoms with Crippen LogP contribution in [0.3, 0.4) is 0 Å². The van der Waals surface area contributed by atoms with Crippen molar-refractivity contribution in [1.29, 1.82) is 0 Å². The number of sulfone groups is 1. The van der Waals surface area contributed by atoms with Crippen molar-refractivity contribution in [3.63, 3.8) is 0 Å². The second-order valence-corrected chi connectivity index (χ2v) is 15.5. The van der Waals surface area contributed by atoms with E-state index in [1.165, 1.54) is 6.26 Å². The minimum absolute atomic E-state index is 0.130. The average Bonchev–Trinajstić information content (AvgIpc) is 2.63. The molecule has 0 fully saturated rings. The van der Waals surface area contributed by atoms with Gasteiger partial charge in [-0.05, 0) is 54.0 Å². The zero-order valence-electron chi connectivity index (χ0n) is 18.0. The number of benzene rings is 2. The van der Waals surface area contributed by atoms with Crippen LogP contribution in [0.25, 0.3) is 11.1 Å². The van der Waals surface area contributed by atoms with Crippen molar-refractivity contribution in [2.24, 2.45) is 0 Å². The number of carbonyl (C=O) groups excluding carboxylic acids is 1. The van der Waals surface area contributed by atoms with Crippen LogP contribution in [-0.2, 0) is 14.3 Å². The molecule has 0 aliphatic heterocycles. The Kier molecular flexibility index (Phi) is 7.09. The van der Waals surface area contributed by atoms with Crippen molar-refractivity contribution in [2.45, 2.75) is 43.8 Å². The monoisotopic (exact) mass is 434 g/mol. The van der Waals surface area contributed by atoms with Crippen LogP contribution in [0.15, 0.2) is 47.4 Å². The maximum Gasteiger partial charge on any atom is 0.192 e. The molecule has 5 nitrogen and oxygen atoms in total. The zero-order chi connectivity index (χ0) is 21.9. The molecule has 29 heavy (non-hydrogen) atoms. The molecule has 0 radical (unpaired) electrons. The lowest BCUT2D eigenvalue weighted by atomic mass is 10.0. The van der Waals surface area contributed by atoms with Gasteiger partial charge in [0.05, 0.1) is 11.5 Å². The summed E-state index contributed by atoms with van der Waals surface area (Å²) in [6, 6.07) is 11.8. The Morgan fingerprint density at radius 1 is 1.00 bits per heavy atom. The third-order valence-electron chi connectivity index (χ3n) is 5.34. The summed E-state index contributed by atoms with van der Waals surface area (Å²) < 4.78 is 35.5. The van der Waals surface area contributed by atoms with E-state index in [9.17, 15) is 13.2 Å². The Labute approximate surface area is 175 Å². The highest BCUT2D eigenvalue weighted by atomic mass is 32.2. The highest BCUT2D eigenvalue weighted by Gasteiger charge is 2.36. The van der Waals surface area contributed by atoms with Gasteiger partial charge in [-0.2, -0.15) is 0 Å². The first kappa shape index (κ1) is 23.3. The number of carbonyl (C=O) groups is 1. The largest absolute Gasteiger partial charge is 0.491 e. The van der Waals surface area contributed by atoms with E-state index in [0.29, 0.717) is 24.5 Å². The molecular formula is C22H30O5SSi. The fourth-order valence-electron chi connectivity index (χ4n) is 2.52. The van der Waals surface area contributed by atoms with E-state index < -0.39 is 18.2 Å². The summed E-state index contributed by atoms with van der Waals surface area (Å²) >= 11 is 0. The number of hydrogen-bond donors (Lipinski definition) is 0.